The van der Waals surface area contributed by atoms with E-state index in [1.165, 1.54) is 24.3 Å². The number of hydrogen-bond acceptors (Lipinski definition) is 5. The predicted molar refractivity (Wildman–Crippen MR) is 104 cm³/mol. The fourth-order valence-corrected chi connectivity index (χ4v) is 3.82. The molecule has 0 aromatic heterocycles. The van der Waals surface area contributed by atoms with Gasteiger partial charge in [-0.3, -0.25) is 9.59 Å². The molecule has 2 amide bonds. The first-order valence-corrected chi connectivity index (χ1v) is 10.2. The number of carbonyl (C=O) groups excluding carboxylic acids is 2. The molecule has 0 unspecified atom stereocenters. The Kier molecular flexibility index (Phi) is 7.97. The van der Waals surface area contributed by atoms with E-state index >= 15 is 0 Å². The number of nitrogens with one attached hydrogen (secondary N) is 2. The summed E-state index contributed by atoms with van der Waals surface area (Å²) in [5.74, 6) is -0.681. The minimum absolute atomic E-state index is 0.00496. The molecule has 7 nitrogen and oxygen atoms in total. The van der Waals surface area contributed by atoms with Crippen molar-refractivity contribution in [3.8, 4) is 0 Å². The zero-order chi connectivity index (χ0) is 20.6. The van der Waals surface area contributed by atoms with E-state index in [0.717, 1.165) is 25.7 Å². The average molecular weight is 408 g/mol. The van der Waals surface area contributed by atoms with E-state index in [-0.39, 0.29) is 42.3 Å². The van der Waals surface area contributed by atoms with Gasteiger partial charge >= 0.3 is 0 Å². The summed E-state index contributed by atoms with van der Waals surface area (Å²) in [7, 11) is 0. The fourth-order valence-electron chi connectivity index (χ4n) is 3.82. The molecule has 0 radical (unpaired) electrons. The lowest BCUT2D eigenvalue weighted by Gasteiger charge is -2.37. The maximum atomic E-state index is 12.9. The van der Waals surface area contributed by atoms with Crippen molar-refractivity contribution in [3.05, 3.63) is 35.6 Å². The first kappa shape index (κ1) is 21.7. The molecular formula is C21H29FN2O5. The molecule has 1 aromatic carbocycles. The lowest BCUT2D eigenvalue weighted by Crippen LogP contribution is -2.52. The van der Waals surface area contributed by atoms with Crippen LogP contribution in [0.1, 0.15) is 42.5 Å². The lowest BCUT2D eigenvalue weighted by molar-refractivity contribution is -0.134. The summed E-state index contributed by atoms with van der Waals surface area (Å²) in [6.45, 7) is 1.46. The minimum Gasteiger partial charge on any atom is -0.394 e. The van der Waals surface area contributed by atoms with Crippen LogP contribution in [0.4, 0.5) is 4.39 Å². The van der Waals surface area contributed by atoms with E-state index in [4.69, 9.17) is 9.47 Å². The van der Waals surface area contributed by atoms with Gasteiger partial charge < -0.3 is 25.2 Å². The Bertz CT molecular complexity index is 678. The Labute approximate surface area is 170 Å². The Morgan fingerprint density at radius 1 is 1.10 bits per heavy atom. The smallest absolute Gasteiger partial charge is 0.251 e. The molecule has 0 saturated carbocycles. The van der Waals surface area contributed by atoms with Crippen LogP contribution in [-0.2, 0) is 14.3 Å². The van der Waals surface area contributed by atoms with Crippen LogP contribution in [0.15, 0.2) is 24.3 Å². The summed E-state index contributed by atoms with van der Waals surface area (Å²) in [5, 5.41) is 15.5. The van der Waals surface area contributed by atoms with Gasteiger partial charge in [0.05, 0.1) is 18.8 Å². The van der Waals surface area contributed by atoms with Crippen LogP contribution in [-0.4, -0.2) is 61.5 Å². The molecule has 3 N–H and O–H groups in total. The van der Waals surface area contributed by atoms with Crippen molar-refractivity contribution in [3.63, 3.8) is 0 Å². The van der Waals surface area contributed by atoms with E-state index in [1.54, 1.807) is 0 Å². The zero-order valence-electron chi connectivity index (χ0n) is 16.4. The number of amides is 2. The maximum absolute atomic E-state index is 12.9. The first-order valence-electron chi connectivity index (χ1n) is 10.2. The molecule has 0 aliphatic carbocycles. The monoisotopic (exact) mass is 408 g/mol. The average Bonchev–Trinajstić information content (AvgIpc) is 2.75. The molecule has 2 aliphatic heterocycles. The Balaban J connectivity index is 1.41. The van der Waals surface area contributed by atoms with Gasteiger partial charge in [0, 0.05) is 31.2 Å². The Hall–Kier alpha value is -2.03. The number of hydrogen-bond donors (Lipinski definition) is 3. The van der Waals surface area contributed by atoms with E-state index < -0.39 is 6.10 Å². The van der Waals surface area contributed by atoms with Crippen LogP contribution < -0.4 is 10.6 Å². The summed E-state index contributed by atoms with van der Waals surface area (Å²) < 4.78 is 24.2. The number of rotatable bonds is 7. The molecule has 1 aromatic rings. The van der Waals surface area contributed by atoms with Crippen molar-refractivity contribution in [2.45, 2.75) is 50.4 Å². The quantitative estimate of drug-likeness (QED) is 0.634. The minimum atomic E-state index is -0.453. The van der Waals surface area contributed by atoms with E-state index in [0.29, 0.717) is 31.7 Å². The third-order valence-corrected chi connectivity index (χ3v) is 5.57. The van der Waals surface area contributed by atoms with Gasteiger partial charge in [0.2, 0.25) is 5.91 Å². The second-order valence-corrected chi connectivity index (χ2v) is 7.61. The zero-order valence-corrected chi connectivity index (χ0v) is 16.4. The SMILES string of the molecule is O=C(NCC[C@@H]1CC[C@H](NC(=O)C2CCOCC2)[C@@H](CO)O1)c1ccc(F)cc1. The van der Waals surface area contributed by atoms with Crippen LogP contribution in [0.2, 0.25) is 0 Å². The highest BCUT2D eigenvalue weighted by Gasteiger charge is 2.33. The predicted octanol–water partition coefficient (Wildman–Crippen LogP) is 1.40. The molecule has 160 valence electrons. The maximum Gasteiger partial charge on any atom is 0.251 e. The third-order valence-electron chi connectivity index (χ3n) is 5.57. The van der Waals surface area contributed by atoms with Gasteiger partial charge in [0.1, 0.15) is 11.9 Å². The number of carbonyl (C=O) groups is 2. The molecule has 2 aliphatic rings. The second-order valence-electron chi connectivity index (χ2n) is 7.61. The summed E-state index contributed by atoms with van der Waals surface area (Å²) >= 11 is 0. The Morgan fingerprint density at radius 3 is 2.52 bits per heavy atom. The fraction of sp³-hybridized carbons (Fsp3) is 0.619. The normalized spacial score (nSPS) is 25.4. The van der Waals surface area contributed by atoms with Crippen LogP contribution >= 0.6 is 0 Å². The molecule has 2 saturated heterocycles. The van der Waals surface area contributed by atoms with Gasteiger partial charge in [-0.25, -0.2) is 4.39 Å². The molecule has 8 heteroatoms. The molecular weight excluding hydrogens is 379 g/mol. The first-order chi connectivity index (χ1) is 14.1. The molecule has 29 heavy (non-hydrogen) atoms. The Morgan fingerprint density at radius 2 is 1.83 bits per heavy atom. The van der Waals surface area contributed by atoms with Crippen LogP contribution in [0.3, 0.4) is 0 Å². The van der Waals surface area contributed by atoms with Gasteiger partial charge in [0.25, 0.3) is 5.91 Å². The van der Waals surface area contributed by atoms with Crippen molar-refractivity contribution < 1.29 is 28.6 Å². The summed E-state index contributed by atoms with van der Waals surface area (Å²) in [6, 6.07) is 5.17. The van der Waals surface area contributed by atoms with Gasteiger partial charge in [0.15, 0.2) is 0 Å². The van der Waals surface area contributed by atoms with Crippen molar-refractivity contribution in [2.24, 2.45) is 5.92 Å². The van der Waals surface area contributed by atoms with Crippen molar-refractivity contribution in [2.75, 3.05) is 26.4 Å². The highest BCUT2D eigenvalue weighted by molar-refractivity contribution is 5.94. The topological polar surface area (TPSA) is 96.9 Å². The number of halogens is 1. The largest absolute Gasteiger partial charge is 0.394 e. The van der Waals surface area contributed by atoms with Crippen LogP contribution in [0.25, 0.3) is 0 Å². The second kappa shape index (κ2) is 10.7. The standard InChI is InChI=1S/C21H29FN2O5/c22-16-3-1-14(2-4-16)20(26)23-10-7-17-5-6-18(19(13-25)29-17)24-21(27)15-8-11-28-12-9-15/h1-4,15,17-19,25H,5-13H2,(H,23,26)(H,24,27)/t17-,18-,19+/m0/s1. The van der Waals surface area contributed by atoms with Crippen molar-refractivity contribution in [1.29, 1.82) is 0 Å². The van der Waals surface area contributed by atoms with E-state index in [1.807, 2.05) is 0 Å². The highest BCUT2D eigenvalue weighted by Crippen LogP contribution is 2.23. The van der Waals surface area contributed by atoms with Gasteiger partial charge in [-0.1, -0.05) is 0 Å². The number of benzene rings is 1. The van der Waals surface area contributed by atoms with Crippen molar-refractivity contribution >= 4 is 11.8 Å². The van der Waals surface area contributed by atoms with Gasteiger partial charge in [-0.2, -0.15) is 0 Å². The van der Waals surface area contributed by atoms with Crippen LogP contribution in [0.5, 0.6) is 0 Å². The molecule has 3 atom stereocenters. The summed E-state index contributed by atoms with van der Waals surface area (Å²) in [4.78, 5) is 24.5. The van der Waals surface area contributed by atoms with Gasteiger partial charge in [-0.05, 0) is 56.4 Å². The highest BCUT2D eigenvalue weighted by atomic mass is 19.1. The van der Waals surface area contributed by atoms with Crippen molar-refractivity contribution in [1.82, 2.24) is 10.6 Å². The summed E-state index contributed by atoms with van der Waals surface area (Å²) in [6.07, 6.45) is 2.95. The molecule has 2 fully saturated rings. The number of ether oxygens (including phenoxy) is 2. The van der Waals surface area contributed by atoms with Crippen LogP contribution in [0, 0.1) is 11.7 Å². The summed E-state index contributed by atoms with van der Waals surface area (Å²) in [5.41, 5.74) is 0.403. The van der Waals surface area contributed by atoms with E-state index in [2.05, 4.69) is 10.6 Å². The molecule has 2 heterocycles. The lowest BCUT2D eigenvalue weighted by atomic mass is 9.94. The molecule has 0 bridgehead atoms. The number of aliphatic hydroxyl groups excluding tert-OH is 1. The molecule has 3 rings (SSSR count). The van der Waals surface area contributed by atoms with Gasteiger partial charge in [-0.15, -0.1) is 0 Å². The molecule has 0 spiro atoms. The van der Waals surface area contributed by atoms with E-state index in [9.17, 15) is 19.1 Å². The third kappa shape index (κ3) is 6.22. The number of aliphatic hydroxyl groups is 1.